The summed E-state index contributed by atoms with van der Waals surface area (Å²) in [6.45, 7) is 1.15. The third kappa shape index (κ3) is 2.23. The fourth-order valence-corrected chi connectivity index (χ4v) is 5.31. The van der Waals surface area contributed by atoms with Gasteiger partial charge in [0.05, 0.1) is 0 Å². The summed E-state index contributed by atoms with van der Waals surface area (Å²) in [6.07, 6.45) is 11.4. The molecule has 0 unspecified atom stereocenters. The molecular formula is C15H22N4O. The molecule has 4 fully saturated rings. The van der Waals surface area contributed by atoms with E-state index in [4.69, 9.17) is 0 Å². The van der Waals surface area contributed by atoms with Gasteiger partial charge in [-0.1, -0.05) is 0 Å². The highest BCUT2D eigenvalue weighted by Gasteiger charge is 2.50. The van der Waals surface area contributed by atoms with Crippen molar-refractivity contribution in [1.29, 1.82) is 0 Å². The molecule has 1 heterocycles. The van der Waals surface area contributed by atoms with E-state index in [9.17, 15) is 4.79 Å². The molecule has 20 heavy (non-hydrogen) atoms. The molecule has 5 heteroatoms. The van der Waals surface area contributed by atoms with Crippen LogP contribution in [0.4, 0.5) is 0 Å². The topological polar surface area (TPSA) is 59.8 Å². The molecule has 0 radical (unpaired) electrons. The van der Waals surface area contributed by atoms with Crippen LogP contribution in [0.15, 0.2) is 12.7 Å². The molecule has 0 aromatic carbocycles. The molecule has 1 amide bonds. The van der Waals surface area contributed by atoms with Crippen molar-refractivity contribution in [2.24, 2.45) is 23.2 Å². The van der Waals surface area contributed by atoms with E-state index in [0.29, 0.717) is 5.41 Å². The Morgan fingerprint density at radius 2 is 1.85 bits per heavy atom. The number of carbonyl (C=O) groups is 1. The van der Waals surface area contributed by atoms with Gasteiger partial charge in [0.15, 0.2) is 0 Å². The van der Waals surface area contributed by atoms with E-state index in [1.807, 2.05) is 0 Å². The Kier molecular flexibility index (Phi) is 2.82. The molecule has 0 aliphatic heterocycles. The zero-order valence-electron chi connectivity index (χ0n) is 11.8. The Morgan fingerprint density at radius 3 is 2.40 bits per heavy atom. The highest BCUT2D eigenvalue weighted by molar-refractivity contribution is 5.75. The van der Waals surface area contributed by atoms with E-state index < -0.39 is 0 Å². The molecule has 0 spiro atoms. The molecule has 4 aliphatic rings. The monoisotopic (exact) mass is 274 g/mol. The molecule has 4 bridgehead atoms. The number of hydrogen-bond donors (Lipinski definition) is 1. The van der Waals surface area contributed by atoms with E-state index in [1.165, 1.54) is 44.9 Å². The summed E-state index contributed by atoms with van der Waals surface area (Å²) < 4.78 is 1.58. The Labute approximate surface area is 119 Å². The van der Waals surface area contributed by atoms with Gasteiger partial charge in [0.2, 0.25) is 5.91 Å². The first kappa shape index (κ1) is 12.4. The van der Waals surface area contributed by atoms with Gasteiger partial charge in [0.1, 0.15) is 19.2 Å². The van der Waals surface area contributed by atoms with Crippen LogP contribution in [0.1, 0.15) is 38.5 Å². The maximum atomic E-state index is 12.0. The summed E-state index contributed by atoms with van der Waals surface area (Å²) in [5, 5.41) is 7.13. The van der Waals surface area contributed by atoms with Gasteiger partial charge < -0.3 is 5.32 Å². The minimum absolute atomic E-state index is 0.0613. The van der Waals surface area contributed by atoms with Crippen molar-refractivity contribution in [1.82, 2.24) is 20.1 Å². The van der Waals surface area contributed by atoms with Crippen molar-refractivity contribution in [2.75, 3.05) is 6.54 Å². The zero-order chi connectivity index (χ0) is 13.6. The number of hydrogen-bond acceptors (Lipinski definition) is 3. The average Bonchev–Trinajstić information content (AvgIpc) is 2.88. The van der Waals surface area contributed by atoms with Crippen LogP contribution in [0.3, 0.4) is 0 Å². The quantitative estimate of drug-likeness (QED) is 0.907. The number of rotatable bonds is 4. The Balaban J connectivity index is 1.36. The van der Waals surface area contributed by atoms with Gasteiger partial charge in [0.25, 0.3) is 0 Å². The predicted octanol–water partition coefficient (Wildman–Crippen LogP) is 1.61. The van der Waals surface area contributed by atoms with Gasteiger partial charge in [-0.3, -0.25) is 4.79 Å². The SMILES string of the molecule is O=C(Cn1cncn1)NCC12CC3CC(CC(C3)C1)C2. The molecule has 0 saturated heterocycles. The van der Waals surface area contributed by atoms with E-state index in [0.717, 1.165) is 24.3 Å². The van der Waals surface area contributed by atoms with Crippen LogP contribution in [0, 0.1) is 23.2 Å². The Bertz CT molecular complexity index is 461. The number of aromatic nitrogens is 3. The molecule has 4 aliphatic carbocycles. The molecule has 1 N–H and O–H groups in total. The van der Waals surface area contributed by atoms with Gasteiger partial charge in [-0.25, -0.2) is 9.67 Å². The second-order valence-electron chi connectivity index (χ2n) is 7.29. The lowest BCUT2D eigenvalue weighted by Crippen LogP contribution is -2.51. The van der Waals surface area contributed by atoms with Crippen LogP contribution in [-0.4, -0.2) is 27.2 Å². The molecule has 1 aromatic rings. The van der Waals surface area contributed by atoms with Crippen molar-refractivity contribution >= 4 is 5.91 Å². The first-order chi connectivity index (χ1) is 9.71. The van der Waals surface area contributed by atoms with Gasteiger partial charge in [-0.2, -0.15) is 5.10 Å². The molecule has 5 nitrogen and oxygen atoms in total. The first-order valence-corrected chi connectivity index (χ1v) is 7.80. The second kappa shape index (κ2) is 4.57. The number of nitrogens with one attached hydrogen (secondary N) is 1. The Morgan fingerprint density at radius 1 is 1.20 bits per heavy atom. The van der Waals surface area contributed by atoms with Crippen LogP contribution >= 0.6 is 0 Å². The lowest BCUT2D eigenvalue weighted by atomic mass is 9.49. The third-order valence-electron chi connectivity index (χ3n) is 5.60. The van der Waals surface area contributed by atoms with E-state index in [2.05, 4.69) is 15.4 Å². The average molecular weight is 274 g/mol. The summed E-state index contributed by atoms with van der Waals surface area (Å²) in [5.74, 6) is 2.88. The standard InChI is InChI=1S/C15H22N4O/c20-14(7-19-10-16-9-18-19)17-8-15-4-11-1-12(5-15)3-13(2-11)6-15/h9-13H,1-8H2,(H,17,20). The fraction of sp³-hybridized carbons (Fsp3) is 0.800. The first-order valence-electron chi connectivity index (χ1n) is 7.80. The Hall–Kier alpha value is -1.39. The van der Waals surface area contributed by atoms with E-state index in [-0.39, 0.29) is 12.5 Å². The summed E-state index contributed by atoms with van der Waals surface area (Å²) >= 11 is 0. The highest BCUT2D eigenvalue weighted by Crippen LogP contribution is 2.59. The van der Waals surface area contributed by atoms with Gasteiger partial charge in [-0.05, 0) is 61.7 Å². The van der Waals surface area contributed by atoms with Crippen molar-refractivity contribution in [3.63, 3.8) is 0 Å². The van der Waals surface area contributed by atoms with Crippen molar-refractivity contribution in [2.45, 2.75) is 45.1 Å². The maximum absolute atomic E-state index is 12.0. The van der Waals surface area contributed by atoms with E-state index >= 15 is 0 Å². The fourth-order valence-electron chi connectivity index (χ4n) is 5.31. The minimum Gasteiger partial charge on any atom is -0.354 e. The normalized spacial score (nSPS) is 38.1. The highest BCUT2D eigenvalue weighted by atomic mass is 16.2. The largest absolute Gasteiger partial charge is 0.354 e. The van der Waals surface area contributed by atoms with Gasteiger partial charge in [0, 0.05) is 6.54 Å². The number of carbonyl (C=O) groups excluding carboxylic acids is 1. The summed E-state index contributed by atoms with van der Waals surface area (Å²) in [7, 11) is 0. The predicted molar refractivity (Wildman–Crippen MR) is 73.6 cm³/mol. The smallest absolute Gasteiger partial charge is 0.241 e. The maximum Gasteiger partial charge on any atom is 0.241 e. The minimum atomic E-state index is 0.0613. The second-order valence-corrected chi connectivity index (χ2v) is 7.29. The summed E-state index contributed by atoms with van der Waals surface area (Å²) in [5.41, 5.74) is 0.410. The molecule has 0 atom stereocenters. The molecule has 1 aromatic heterocycles. The van der Waals surface area contributed by atoms with Crippen LogP contribution in [-0.2, 0) is 11.3 Å². The number of nitrogens with zero attached hydrogens (tertiary/aromatic N) is 3. The van der Waals surface area contributed by atoms with Crippen LogP contribution in [0.2, 0.25) is 0 Å². The zero-order valence-corrected chi connectivity index (χ0v) is 11.8. The molecule has 5 rings (SSSR count). The molecule has 108 valence electrons. The molecular weight excluding hydrogens is 252 g/mol. The third-order valence-corrected chi connectivity index (χ3v) is 5.60. The van der Waals surface area contributed by atoms with Gasteiger partial charge >= 0.3 is 0 Å². The lowest BCUT2D eigenvalue weighted by Gasteiger charge is -2.56. The van der Waals surface area contributed by atoms with Crippen molar-refractivity contribution < 1.29 is 4.79 Å². The molecule has 4 saturated carbocycles. The summed E-state index contributed by atoms with van der Waals surface area (Å²) in [6, 6.07) is 0. The van der Waals surface area contributed by atoms with Crippen molar-refractivity contribution in [3.05, 3.63) is 12.7 Å². The summed E-state index contributed by atoms with van der Waals surface area (Å²) in [4.78, 5) is 15.9. The van der Waals surface area contributed by atoms with E-state index in [1.54, 1.807) is 11.0 Å². The van der Waals surface area contributed by atoms with Crippen LogP contribution < -0.4 is 5.32 Å². The number of amides is 1. The van der Waals surface area contributed by atoms with Crippen LogP contribution in [0.25, 0.3) is 0 Å². The van der Waals surface area contributed by atoms with Crippen LogP contribution in [0.5, 0.6) is 0 Å². The van der Waals surface area contributed by atoms with Crippen molar-refractivity contribution in [3.8, 4) is 0 Å². The lowest BCUT2D eigenvalue weighted by molar-refractivity contribution is -0.124. The van der Waals surface area contributed by atoms with Gasteiger partial charge in [-0.15, -0.1) is 0 Å².